The molecule has 0 aliphatic carbocycles. The molecule has 0 radical (unpaired) electrons. The van der Waals surface area contributed by atoms with Gasteiger partial charge in [0.15, 0.2) is 0 Å². The summed E-state index contributed by atoms with van der Waals surface area (Å²) in [7, 11) is -3.86. The molecule has 0 unspecified atom stereocenters. The van der Waals surface area contributed by atoms with Crippen LogP contribution in [0.4, 0.5) is 11.4 Å². The van der Waals surface area contributed by atoms with E-state index < -0.39 is 10.0 Å². The third-order valence-corrected chi connectivity index (χ3v) is 3.63. The monoisotopic (exact) mass is 282 g/mol. The van der Waals surface area contributed by atoms with Gasteiger partial charge < -0.3 is 10.6 Å². The smallest absolute Gasteiger partial charge is 0.240 e. The van der Waals surface area contributed by atoms with Crippen molar-refractivity contribution in [2.45, 2.75) is 31.2 Å². The average molecular weight is 282 g/mol. The summed E-state index contributed by atoms with van der Waals surface area (Å²) in [5, 5.41) is 13.9. The van der Waals surface area contributed by atoms with Crippen LogP contribution in [0.3, 0.4) is 0 Å². The van der Waals surface area contributed by atoms with Crippen LogP contribution in [0.5, 0.6) is 0 Å². The topological polar surface area (TPSA) is 113 Å². The molecule has 0 aromatic heterocycles. The molecule has 1 aromatic carbocycles. The second-order valence-electron chi connectivity index (χ2n) is 4.47. The van der Waals surface area contributed by atoms with E-state index in [0.29, 0.717) is 24.3 Å². The van der Waals surface area contributed by atoms with E-state index in [1.165, 1.54) is 6.07 Å². The number of nitrogen functional groups attached to an aromatic ring is 1. The zero-order valence-corrected chi connectivity index (χ0v) is 11.8. The standard InChI is InChI=1S/C12H18N4O2S/c1-9(2)16(7-3-6-13)11-5-4-10(14)8-12(11)19(15,17)18/h4-5,8-9H,3,7,14H2,1-2H3,(H2,15,17,18). The number of nitrogens with zero attached hydrogens (tertiary/aromatic N) is 2. The number of benzene rings is 1. The summed E-state index contributed by atoms with van der Waals surface area (Å²) in [6.07, 6.45) is 0.298. The predicted octanol–water partition coefficient (Wildman–Crippen LogP) is 1.04. The van der Waals surface area contributed by atoms with E-state index in [2.05, 4.69) is 0 Å². The van der Waals surface area contributed by atoms with Crippen LogP contribution in [0.15, 0.2) is 23.1 Å². The first-order valence-corrected chi connectivity index (χ1v) is 7.38. The number of sulfonamides is 1. The van der Waals surface area contributed by atoms with Crippen molar-refractivity contribution < 1.29 is 8.42 Å². The van der Waals surface area contributed by atoms with Gasteiger partial charge in [-0.2, -0.15) is 5.26 Å². The molecular formula is C12H18N4O2S. The lowest BCUT2D eigenvalue weighted by atomic mass is 10.2. The SMILES string of the molecule is CC(C)N(CCC#N)c1ccc(N)cc1S(N)(=O)=O. The van der Waals surface area contributed by atoms with Crippen LogP contribution < -0.4 is 15.8 Å². The van der Waals surface area contributed by atoms with E-state index in [-0.39, 0.29) is 10.9 Å². The Morgan fingerprint density at radius 1 is 1.42 bits per heavy atom. The first-order valence-electron chi connectivity index (χ1n) is 5.83. The maximum atomic E-state index is 11.6. The van der Waals surface area contributed by atoms with Crippen molar-refractivity contribution in [3.63, 3.8) is 0 Å². The quantitative estimate of drug-likeness (QED) is 0.783. The van der Waals surface area contributed by atoms with Crippen molar-refractivity contribution in [1.29, 1.82) is 5.26 Å². The number of hydrogen-bond acceptors (Lipinski definition) is 5. The molecule has 0 aliphatic heterocycles. The van der Waals surface area contributed by atoms with Crippen LogP contribution >= 0.6 is 0 Å². The molecule has 0 heterocycles. The van der Waals surface area contributed by atoms with E-state index in [1.54, 1.807) is 12.1 Å². The zero-order chi connectivity index (χ0) is 14.6. The summed E-state index contributed by atoms with van der Waals surface area (Å²) < 4.78 is 23.3. The van der Waals surface area contributed by atoms with E-state index in [0.717, 1.165) is 0 Å². The molecule has 1 aromatic rings. The number of anilines is 2. The van der Waals surface area contributed by atoms with Crippen molar-refractivity contribution >= 4 is 21.4 Å². The highest BCUT2D eigenvalue weighted by Gasteiger charge is 2.20. The molecule has 0 atom stereocenters. The molecule has 0 fully saturated rings. The molecule has 0 saturated heterocycles. The largest absolute Gasteiger partial charge is 0.399 e. The van der Waals surface area contributed by atoms with Crippen LogP contribution in [0.1, 0.15) is 20.3 Å². The van der Waals surface area contributed by atoms with Crippen molar-refractivity contribution in [2.24, 2.45) is 5.14 Å². The van der Waals surface area contributed by atoms with Gasteiger partial charge in [-0.15, -0.1) is 0 Å². The Morgan fingerprint density at radius 3 is 2.53 bits per heavy atom. The molecule has 0 spiro atoms. The van der Waals surface area contributed by atoms with Crippen LogP contribution in [-0.2, 0) is 10.0 Å². The Balaban J connectivity index is 3.35. The Morgan fingerprint density at radius 2 is 2.05 bits per heavy atom. The first kappa shape index (κ1) is 15.3. The third-order valence-electron chi connectivity index (χ3n) is 2.69. The molecule has 104 valence electrons. The van der Waals surface area contributed by atoms with Crippen molar-refractivity contribution in [1.82, 2.24) is 0 Å². The number of primary sulfonamides is 1. The highest BCUT2D eigenvalue weighted by atomic mass is 32.2. The number of hydrogen-bond donors (Lipinski definition) is 2. The molecule has 0 saturated carbocycles. The van der Waals surface area contributed by atoms with Crippen molar-refractivity contribution in [3.05, 3.63) is 18.2 Å². The molecule has 4 N–H and O–H groups in total. The molecule has 0 amide bonds. The summed E-state index contributed by atoms with van der Waals surface area (Å²) in [6.45, 7) is 4.27. The van der Waals surface area contributed by atoms with Gasteiger partial charge in [-0.3, -0.25) is 0 Å². The Kier molecular flexibility index (Phi) is 4.75. The van der Waals surface area contributed by atoms with Crippen LogP contribution in [-0.4, -0.2) is 21.0 Å². The Labute approximate surface area is 113 Å². The second kappa shape index (κ2) is 5.91. The molecule has 7 heteroatoms. The van der Waals surface area contributed by atoms with E-state index >= 15 is 0 Å². The van der Waals surface area contributed by atoms with E-state index in [4.69, 9.17) is 16.1 Å². The molecule has 19 heavy (non-hydrogen) atoms. The van der Waals surface area contributed by atoms with E-state index in [9.17, 15) is 8.42 Å². The summed E-state index contributed by atoms with van der Waals surface area (Å²) >= 11 is 0. The summed E-state index contributed by atoms with van der Waals surface area (Å²) in [4.78, 5) is 1.81. The minimum Gasteiger partial charge on any atom is -0.399 e. The number of nitrogens with two attached hydrogens (primary N) is 2. The zero-order valence-electron chi connectivity index (χ0n) is 11.0. The summed E-state index contributed by atoms with van der Waals surface area (Å²) in [5.41, 5.74) is 6.41. The highest BCUT2D eigenvalue weighted by molar-refractivity contribution is 7.89. The third kappa shape index (κ3) is 3.84. The van der Waals surface area contributed by atoms with Gasteiger partial charge in [0.2, 0.25) is 10.0 Å². The normalized spacial score (nSPS) is 11.3. The average Bonchev–Trinajstić information content (AvgIpc) is 2.29. The van der Waals surface area contributed by atoms with Gasteiger partial charge in [0.1, 0.15) is 4.90 Å². The fourth-order valence-electron chi connectivity index (χ4n) is 1.82. The minimum atomic E-state index is -3.86. The van der Waals surface area contributed by atoms with Crippen molar-refractivity contribution in [3.8, 4) is 6.07 Å². The number of rotatable bonds is 5. The van der Waals surface area contributed by atoms with Gasteiger partial charge in [0, 0.05) is 18.3 Å². The van der Waals surface area contributed by atoms with Gasteiger partial charge >= 0.3 is 0 Å². The lowest BCUT2D eigenvalue weighted by Gasteiger charge is -2.29. The van der Waals surface area contributed by atoms with Crippen LogP contribution in [0, 0.1) is 11.3 Å². The minimum absolute atomic E-state index is 0.0147. The molecular weight excluding hydrogens is 264 g/mol. The Bertz CT molecular complexity index is 590. The maximum Gasteiger partial charge on any atom is 0.240 e. The fraction of sp³-hybridized carbons (Fsp3) is 0.417. The lowest BCUT2D eigenvalue weighted by molar-refractivity contribution is 0.596. The van der Waals surface area contributed by atoms with E-state index in [1.807, 2.05) is 24.8 Å². The summed E-state index contributed by atoms with van der Waals surface area (Å²) in [6, 6.07) is 6.66. The molecule has 1 rings (SSSR count). The summed E-state index contributed by atoms with van der Waals surface area (Å²) in [5.74, 6) is 0. The van der Waals surface area contributed by atoms with Gasteiger partial charge in [-0.05, 0) is 32.0 Å². The van der Waals surface area contributed by atoms with Gasteiger partial charge in [-0.25, -0.2) is 13.6 Å². The Hall–Kier alpha value is -1.78. The van der Waals surface area contributed by atoms with Crippen LogP contribution in [0.2, 0.25) is 0 Å². The second-order valence-corrected chi connectivity index (χ2v) is 6.00. The molecule has 6 nitrogen and oxygen atoms in total. The first-order chi connectivity index (χ1) is 8.77. The maximum absolute atomic E-state index is 11.6. The van der Waals surface area contributed by atoms with Gasteiger partial charge in [0.25, 0.3) is 0 Å². The molecule has 0 bridgehead atoms. The van der Waals surface area contributed by atoms with Crippen LogP contribution in [0.25, 0.3) is 0 Å². The van der Waals surface area contributed by atoms with Gasteiger partial charge in [-0.1, -0.05) is 0 Å². The predicted molar refractivity (Wildman–Crippen MR) is 74.9 cm³/mol. The number of nitriles is 1. The van der Waals surface area contributed by atoms with Crippen molar-refractivity contribution in [2.75, 3.05) is 17.2 Å². The van der Waals surface area contributed by atoms with Gasteiger partial charge in [0.05, 0.1) is 18.2 Å². The highest BCUT2D eigenvalue weighted by Crippen LogP contribution is 2.28. The fourth-order valence-corrected chi connectivity index (χ4v) is 2.60. The molecule has 0 aliphatic rings. The lowest BCUT2D eigenvalue weighted by Crippen LogP contribution is -2.33.